The van der Waals surface area contributed by atoms with Crippen molar-refractivity contribution in [1.82, 2.24) is 0 Å². The van der Waals surface area contributed by atoms with Crippen LogP contribution in [0.1, 0.15) is 25.3 Å². The van der Waals surface area contributed by atoms with E-state index in [0.717, 1.165) is 16.9 Å². The molecule has 0 aliphatic heterocycles. The molecule has 0 radical (unpaired) electrons. The minimum atomic E-state index is 0.0204. The summed E-state index contributed by atoms with van der Waals surface area (Å²) in [6.07, 6.45) is 0. The molecule has 2 amide bonds. The molecule has 0 spiro atoms. The number of benzene rings is 3. The predicted molar refractivity (Wildman–Crippen MR) is 129 cm³/mol. The molecule has 6 nitrogen and oxygen atoms in total. The third-order valence-electron chi connectivity index (χ3n) is 4.39. The van der Waals surface area contributed by atoms with E-state index in [1.54, 1.807) is 0 Å². The van der Waals surface area contributed by atoms with E-state index in [-0.39, 0.29) is 9.54 Å². The van der Waals surface area contributed by atoms with Gasteiger partial charge >= 0.3 is 32.6 Å². The van der Waals surface area contributed by atoms with Crippen LogP contribution in [0.2, 0.25) is 0 Å². The molecule has 3 rings (SSSR count). The first kappa shape index (κ1) is 22.9. The fraction of sp³-hybridized carbons (Fsp3) is 0.130. The Hall–Kier alpha value is -2.74. The van der Waals surface area contributed by atoms with E-state index >= 15 is 0 Å². The number of carbonyl (C=O) groups is 2. The highest BCUT2D eigenvalue weighted by Gasteiger charge is 2.09. The van der Waals surface area contributed by atoms with Crippen molar-refractivity contribution < 1.29 is 19.1 Å². The van der Waals surface area contributed by atoms with E-state index in [0.29, 0.717) is 61.5 Å². The van der Waals surface area contributed by atoms with Gasteiger partial charge in [-0.15, -0.1) is 0 Å². The molecule has 0 fully saturated rings. The molecular formula is C23H24Al2N2O4. The van der Waals surface area contributed by atoms with Crippen molar-refractivity contribution in [3.63, 3.8) is 0 Å². The highest BCUT2D eigenvalue weighted by molar-refractivity contribution is 6.60. The zero-order valence-electron chi connectivity index (χ0n) is 18.1. The summed E-state index contributed by atoms with van der Waals surface area (Å²) in [7, 11) is 0. The number of ether oxygens (including phenoxy) is 2. The molecule has 8 heteroatoms. The summed E-state index contributed by atoms with van der Waals surface area (Å²) in [4.78, 5) is 22.5. The van der Waals surface area contributed by atoms with Crippen molar-refractivity contribution in [2.75, 3.05) is 10.6 Å². The van der Waals surface area contributed by atoms with E-state index in [2.05, 4.69) is 24.5 Å². The van der Waals surface area contributed by atoms with E-state index in [4.69, 9.17) is 9.47 Å². The largest absolute Gasteiger partial charge is 0.457 e. The van der Waals surface area contributed by atoms with Crippen molar-refractivity contribution in [1.29, 1.82) is 0 Å². The average Bonchev–Trinajstić information content (AvgIpc) is 2.70. The van der Waals surface area contributed by atoms with E-state index in [1.807, 2.05) is 66.7 Å². The Kier molecular flexibility index (Phi) is 7.79. The van der Waals surface area contributed by atoms with Gasteiger partial charge in [0.1, 0.15) is 32.5 Å². The molecule has 0 saturated carbocycles. The predicted octanol–water partition coefficient (Wildman–Crippen LogP) is 4.72. The van der Waals surface area contributed by atoms with E-state index in [9.17, 15) is 9.59 Å². The Bertz CT molecular complexity index is 988. The second-order valence-electron chi connectivity index (χ2n) is 7.51. The van der Waals surface area contributed by atoms with Crippen LogP contribution in [0, 0.1) is 0 Å². The maximum atomic E-state index is 11.2. The average molecular weight is 446 g/mol. The first-order valence-electron chi connectivity index (χ1n) is 10.0. The van der Waals surface area contributed by atoms with Crippen LogP contribution in [-0.4, -0.2) is 42.1 Å². The van der Waals surface area contributed by atoms with Gasteiger partial charge in [-0.2, -0.15) is 0 Å². The molecule has 0 atom stereocenters. The number of hydrogen-bond donors (Lipinski definition) is 2. The van der Waals surface area contributed by atoms with E-state index in [1.165, 1.54) is 0 Å². The molecule has 0 aliphatic rings. The topological polar surface area (TPSA) is 76.7 Å². The molecule has 31 heavy (non-hydrogen) atoms. The zero-order valence-corrected chi connectivity index (χ0v) is 22.1. The highest BCUT2D eigenvalue weighted by Crippen LogP contribution is 2.33. The molecule has 2 N–H and O–H groups in total. The maximum Gasteiger partial charge on any atom is 0.355 e. The van der Waals surface area contributed by atoms with Gasteiger partial charge in [0.05, 0.1) is 0 Å². The molecule has 0 aliphatic carbocycles. The second kappa shape index (κ2) is 10.5. The minimum Gasteiger partial charge on any atom is -0.457 e. The first-order valence-corrected chi connectivity index (χ1v) is 12.0. The fourth-order valence-electron chi connectivity index (χ4n) is 2.94. The number of nitrogens with one attached hydrogen (secondary N) is 2. The third kappa shape index (κ3) is 7.17. The lowest BCUT2D eigenvalue weighted by molar-refractivity contribution is 0.268. The molecule has 0 heterocycles. The van der Waals surface area contributed by atoms with E-state index < -0.39 is 0 Å². The smallest absolute Gasteiger partial charge is 0.355 e. The zero-order chi connectivity index (χ0) is 22.4. The summed E-state index contributed by atoms with van der Waals surface area (Å²) < 4.78 is 12.1. The van der Waals surface area contributed by atoms with Gasteiger partial charge in [-0.1, -0.05) is 13.8 Å². The van der Waals surface area contributed by atoms with Crippen molar-refractivity contribution in [3.05, 3.63) is 72.3 Å². The number of rotatable bonds is 7. The van der Waals surface area contributed by atoms with Gasteiger partial charge < -0.3 is 20.1 Å². The van der Waals surface area contributed by atoms with Crippen LogP contribution in [0.5, 0.6) is 23.0 Å². The quantitative estimate of drug-likeness (QED) is 0.515. The molecule has 156 valence electrons. The van der Waals surface area contributed by atoms with Gasteiger partial charge in [-0.3, -0.25) is 9.59 Å². The van der Waals surface area contributed by atoms with Crippen molar-refractivity contribution in [3.8, 4) is 23.0 Å². The molecule has 0 unspecified atom stereocenters. The molecular weight excluding hydrogens is 422 g/mol. The summed E-state index contributed by atoms with van der Waals surface area (Å²) in [6.45, 7) is 4.22. The molecule has 0 aromatic heterocycles. The van der Waals surface area contributed by atoms with Crippen LogP contribution < -0.4 is 20.1 Å². The summed E-state index contributed by atoms with van der Waals surface area (Å²) in [5.74, 6) is 2.97. The van der Waals surface area contributed by atoms with Gasteiger partial charge in [0.2, 0.25) is 0 Å². The third-order valence-corrected chi connectivity index (χ3v) is 4.89. The van der Waals surface area contributed by atoms with Crippen LogP contribution in [0.15, 0.2) is 66.7 Å². The molecule has 0 saturated heterocycles. The summed E-state index contributed by atoms with van der Waals surface area (Å²) in [6, 6.07) is 20.4. The first-order chi connectivity index (χ1) is 14.8. The monoisotopic (exact) mass is 446 g/mol. The number of carbonyl (C=O) groups excluding carboxylic acids is 2. The van der Waals surface area contributed by atoms with Gasteiger partial charge in [-0.25, -0.2) is 0 Å². The van der Waals surface area contributed by atoms with Crippen LogP contribution in [0.25, 0.3) is 0 Å². The Morgan fingerprint density at radius 2 is 1.06 bits per heavy atom. The minimum absolute atomic E-state index is 0.0204. The van der Waals surface area contributed by atoms with Crippen molar-refractivity contribution in [2.24, 2.45) is 0 Å². The van der Waals surface area contributed by atoms with Gasteiger partial charge in [0.15, 0.2) is 0 Å². The normalized spacial score (nSPS) is 10.4. The highest BCUT2D eigenvalue weighted by atomic mass is 27.1. The Morgan fingerprint density at radius 1 is 0.677 bits per heavy atom. The Morgan fingerprint density at radius 3 is 1.39 bits per heavy atom. The standard InChI is InChI=1S/C23H20N2O4.2Al.4H/c1-16(2)17-11-22(28-20-7-3-18(4-8-20)24-14-26)13-23(12-17)29-21-9-5-19(6-10-21)25-15-27;;;;;;/h3-13,16H,1-2H3,(H,24,26)(H,25,27);;;;;;. The summed E-state index contributed by atoms with van der Waals surface area (Å²) >= 11 is 0.909. The van der Waals surface area contributed by atoms with Crippen molar-refractivity contribution >= 4 is 53.5 Å². The maximum absolute atomic E-state index is 11.2. The second-order valence-corrected chi connectivity index (χ2v) is 9.32. The van der Waals surface area contributed by atoms with Gasteiger partial charge in [0, 0.05) is 17.4 Å². The SMILES string of the molecule is CC(C)c1cc(Oc2ccc(N[C](=O)[AlH2])cc2)cc(Oc2ccc(N[C](=O)[AlH2])cc2)c1. The van der Waals surface area contributed by atoms with Gasteiger partial charge in [0.25, 0.3) is 0 Å². The Balaban J connectivity index is 1.79. The number of anilines is 2. The molecule has 0 bridgehead atoms. The lowest BCUT2D eigenvalue weighted by Gasteiger charge is -2.14. The fourth-order valence-corrected chi connectivity index (χ4v) is 3.51. The summed E-state index contributed by atoms with van der Waals surface area (Å²) in [5, 5.41) is 5.59. The molecule has 3 aromatic carbocycles. The number of hydrogen-bond acceptors (Lipinski definition) is 4. The van der Waals surface area contributed by atoms with Crippen LogP contribution >= 0.6 is 0 Å². The Labute approximate surface area is 197 Å². The number of amides is 2. The lowest BCUT2D eigenvalue weighted by Crippen LogP contribution is -2.07. The summed E-state index contributed by atoms with van der Waals surface area (Å²) in [5.41, 5.74) is 2.59. The molecule has 3 aromatic rings. The lowest BCUT2D eigenvalue weighted by atomic mass is 10.0. The van der Waals surface area contributed by atoms with Crippen LogP contribution in [-0.2, 0) is 0 Å². The van der Waals surface area contributed by atoms with Crippen LogP contribution in [0.3, 0.4) is 0 Å². The van der Waals surface area contributed by atoms with Gasteiger partial charge in [-0.05, 0) is 72.1 Å². The van der Waals surface area contributed by atoms with Crippen molar-refractivity contribution in [2.45, 2.75) is 19.8 Å². The van der Waals surface area contributed by atoms with Crippen LogP contribution in [0.4, 0.5) is 21.0 Å².